The Morgan fingerprint density at radius 3 is 1.80 bits per heavy atom. The number of allylic oxidation sites excluding steroid dienone is 2. The largest absolute Gasteiger partial charge is 0.504 e. The van der Waals surface area contributed by atoms with Crippen LogP contribution in [0.25, 0.3) is 0 Å². The van der Waals surface area contributed by atoms with Crippen LogP contribution in [0.4, 0.5) is 0 Å². The van der Waals surface area contributed by atoms with Crippen molar-refractivity contribution in [3.63, 3.8) is 0 Å². The summed E-state index contributed by atoms with van der Waals surface area (Å²) >= 11 is 0. The van der Waals surface area contributed by atoms with E-state index in [-0.39, 0.29) is 5.78 Å². The van der Waals surface area contributed by atoms with Crippen molar-refractivity contribution in [3.8, 4) is 0 Å². The molecule has 0 aliphatic heterocycles. The molecule has 0 aromatic heterocycles. The van der Waals surface area contributed by atoms with E-state index < -0.39 is 0 Å². The molecule has 0 radical (unpaired) electrons. The topological polar surface area (TPSA) is 35.5 Å². The lowest BCUT2D eigenvalue weighted by Gasteiger charge is -1.85. The fourth-order valence-electron chi connectivity index (χ4n) is 0.326. The molecule has 0 amide bonds. The van der Waals surface area contributed by atoms with Gasteiger partial charge in [0, 0.05) is 12.2 Å². The molecule has 0 aromatic rings. The fourth-order valence-corrected chi connectivity index (χ4v) is 0.326. The predicted molar refractivity (Wildman–Crippen MR) is 37.3 cm³/mol. The maximum atomic E-state index is 10.6. The quantitative estimate of drug-likeness (QED) is 0.431. The number of ketones is 1. The summed E-state index contributed by atoms with van der Waals surface area (Å²) in [5.41, 5.74) is 0. The fraction of sp³-hybridized carbons (Fsp3) is 0.286. The van der Waals surface area contributed by atoms with Gasteiger partial charge < -0.3 is 9.47 Å². The van der Waals surface area contributed by atoms with Crippen LogP contribution in [0.15, 0.2) is 24.7 Å². The molecule has 0 aromatic carbocycles. The molecule has 0 saturated heterocycles. The minimum Gasteiger partial charge on any atom is -0.504 e. The van der Waals surface area contributed by atoms with Crippen molar-refractivity contribution in [1.29, 1.82) is 0 Å². The minimum absolute atomic E-state index is 0.163. The summed E-state index contributed by atoms with van der Waals surface area (Å²) in [6.07, 6.45) is 5.22. The van der Waals surface area contributed by atoms with Gasteiger partial charge in [-0.2, -0.15) is 0 Å². The second-order valence-corrected chi connectivity index (χ2v) is 1.48. The first-order valence-corrected chi connectivity index (χ1v) is 2.74. The molecule has 0 unspecified atom stereocenters. The number of carbonyl (C=O) groups excluding carboxylic acids is 1. The number of hydrogen-bond acceptors (Lipinski definition) is 3. The zero-order chi connectivity index (χ0) is 7.82. The number of carbonyl (C=O) groups is 1. The lowest BCUT2D eigenvalue weighted by molar-refractivity contribution is -0.110. The van der Waals surface area contributed by atoms with Gasteiger partial charge in [-0.25, -0.2) is 0 Å². The summed E-state index contributed by atoms with van der Waals surface area (Å²) in [4.78, 5) is 10.6. The van der Waals surface area contributed by atoms with Crippen molar-refractivity contribution in [3.05, 3.63) is 24.7 Å². The Kier molecular flexibility index (Phi) is 5.14. The van der Waals surface area contributed by atoms with Crippen LogP contribution < -0.4 is 0 Å². The van der Waals surface area contributed by atoms with Crippen LogP contribution in [0, 0.1) is 0 Å². The number of rotatable bonds is 4. The van der Waals surface area contributed by atoms with Crippen molar-refractivity contribution in [1.82, 2.24) is 0 Å². The van der Waals surface area contributed by atoms with Crippen molar-refractivity contribution >= 4 is 5.78 Å². The van der Waals surface area contributed by atoms with Crippen molar-refractivity contribution in [2.75, 3.05) is 14.2 Å². The highest BCUT2D eigenvalue weighted by molar-refractivity contribution is 5.98. The molecule has 0 aliphatic carbocycles. The third-order valence-electron chi connectivity index (χ3n) is 0.737. The Bertz CT molecular complexity index is 131. The van der Waals surface area contributed by atoms with Gasteiger partial charge in [0.25, 0.3) is 0 Å². The molecular weight excluding hydrogens is 132 g/mol. The molecule has 0 rings (SSSR count). The molecule has 0 atom stereocenters. The first kappa shape index (κ1) is 8.75. The molecule has 0 saturated carbocycles. The highest BCUT2D eigenvalue weighted by atomic mass is 16.5. The van der Waals surface area contributed by atoms with E-state index in [1.54, 1.807) is 0 Å². The number of hydrogen-bond donors (Lipinski definition) is 0. The normalized spacial score (nSPS) is 10.6. The molecule has 0 heterocycles. The Labute approximate surface area is 59.9 Å². The van der Waals surface area contributed by atoms with Crippen LogP contribution in [0.2, 0.25) is 0 Å². The Morgan fingerprint density at radius 1 is 1.10 bits per heavy atom. The van der Waals surface area contributed by atoms with Gasteiger partial charge in [0.05, 0.1) is 26.7 Å². The molecule has 3 nitrogen and oxygen atoms in total. The molecule has 0 N–H and O–H groups in total. The molecule has 3 heteroatoms. The summed E-state index contributed by atoms with van der Waals surface area (Å²) < 4.78 is 9.03. The summed E-state index contributed by atoms with van der Waals surface area (Å²) in [5.74, 6) is -0.163. The first-order valence-electron chi connectivity index (χ1n) is 2.74. The van der Waals surface area contributed by atoms with E-state index in [2.05, 4.69) is 9.47 Å². The van der Waals surface area contributed by atoms with E-state index in [4.69, 9.17) is 0 Å². The molecule has 0 bridgehead atoms. The van der Waals surface area contributed by atoms with Crippen LogP contribution in [0.5, 0.6) is 0 Å². The first-order chi connectivity index (χ1) is 4.81. The van der Waals surface area contributed by atoms with Crippen molar-refractivity contribution < 1.29 is 14.3 Å². The van der Waals surface area contributed by atoms with E-state index in [9.17, 15) is 4.79 Å². The van der Waals surface area contributed by atoms with Crippen molar-refractivity contribution in [2.45, 2.75) is 0 Å². The van der Waals surface area contributed by atoms with Gasteiger partial charge in [-0.1, -0.05) is 0 Å². The van der Waals surface area contributed by atoms with E-state index in [1.807, 2.05) is 0 Å². The third-order valence-corrected chi connectivity index (χ3v) is 0.737. The van der Waals surface area contributed by atoms with E-state index in [0.29, 0.717) is 0 Å². The van der Waals surface area contributed by atoms with E-state index >= 15 is 0 Å². The SMILES string of the molecule is COC=CC(=O)C=COC. The maximum Gasteiger partial charge on any atom is 0.184 e. The van der Waals surface area contributed by atoms with Gasteiger partial charge in [-0.15, -0.1) is 0 Å². The van der Waals surface area contributed by atoms with Crippen LogP contribution in [-0.2, 0) is 14.3 Å². The summed E-state index contributed by atoms with van der Waals surface area (Å²) in [6.45, 7) is 0. The van der Waals surface area contributed by atoms with Crippen molar-refractivity contribution in [2.24, 2.45) is 0 Å². The smallest absolute Gasteiger partial charge is 0.184 e. The molecule has 0 aliphatic rings. The average Bonchev–Trinajstić information content (AvgIpc) is 1.97. The van der Waals surface area contributed by atoms with Gasteiger partial charge in [-0.3, -0.25) is 4.79 Å². The van der Waals surface area contributed by atoms with E-state index in [0.717, 1.165) is 0 Å². The molecule has 10 heavy (non-hydrogen) atoms. The van der Waals surface area contributed by atoms with Crippen LogP contribution in [-0.4, -0.2) is 20.0 Å². The molecule has 0 spiro atoms. The van der Waals surface area contributed by atoms with Crippen LogP contribution in [0.1, 0.15) is 0 Å². The zero-order valence-corrected chi connectivity index (χ0v) is 6.03. The summed E-state index contributed by atoms with van der Waals surface area (Å²) in [7, 11) is 2.95. The monoisotopic (exact) mass is 142 g/mol. The lowest BCUT2D eigenvalue weighted by atomic mass is 10.4. The van der Waals surface area contributed by atoms with Gasteiger partial charge >= 0.3 is 0 Å². The van der Waals surface area contributed by atoms with E-state index in [1.165, 1.54) is 38.9 Å². The average molecular weight is 142 g/mol. The number of ether oxygens (including phenoxy) is 2. The predicted octanol–water partition coefficient (Wildman–Crippen LogP) is 0.876. The second-order valence-electron chi connectivity index (χ2n) is 1.48. The number of methoxy groups -OCH3 is 2. The van der Waals surface area contributed by atoms with Gasteiger partial charge in [0.1, 0.15) is 0 Å². The molecular formula is C7H10O3. The second kappa shape index (κ2) is 5.88. The molecule has 56 valence electrons. The standard InChI is InChI=1S/C7H10O3/c1-9-5-3-7(8)4-6-10-2/h3-6H,1-2H3. The highest BCUT2D eigenvalue weighted by Gasteiger charge is 1.85. The van der Waals surface area contributed by atoms with Gasteiger partial charge in [0.15, 0.2) is 5.78 Å². The summed E-state index contributed by atoms with van der Waals surface area (Å²) in [6, 6.07) is 0. The minimum atomic E-state index is -0.163. The summed E-state index contributed by atoms with van der Waals surface area (Å²) in [5, 5.41) is 0. The Balaban J connectivity index is 3.63. The van der Waals surface area contributed by atoms with Crippen LogP contribution >= 0.6 is 0 Å². The molecule has 0 fully saturated rings. The zero-order valence-electron chi connectivity index (χ0n) is 6.03. The lowest BCUT2D eigenvalue weighted by Crippen LogP contribution is -1.85. The Morgan fingerprint density at radius 2 is 1.50 bits per heavy atom. The highest BCUT2D eigenvalue weighted by Crippen LogP contribution is 1.81. The van der Waals surface area contributed by atoms with Gasteiger partial charge in [0.2, 0.25) is 0 Å². The van der Waals surface area contributed by atoms with Gasteiger partial charge in [-0.05, 0) is 0 Å². The Hall–Kier alpha value is -1.25. The third kappa shape index (κ3) is 4.90. The van der Waals surface area contributed by atoms with Crippen LogP contribution in [0.3, 0.4) is 0 Å². The maximum absolute atomic E-state index is 10.6.